The van der Waals surface area contributed by atoms with Crippen LogP contribution < -0.4 is 5.32 Å². The average molecular weight is 996 g/mol. The molecule has 3 aliphatic heterocycles. The van der Waals surface area contributed by atoms with E-state index in [0.29, 0.717) is 25.9 Å². The van der Waals surface area contributed by atoms with Crippen molar-refractivity contribution in [3.8, 4) is 11.1 Å². The topological polar surface area (TPSA) is 210 Å². The molecule has 0 saturated carbocycles. The summed E-state index contributed by atoms with van der Waals surface area (Å²) < 4.78 is 61.5. The second-order valence-electron chi connectivity index (χ2n) is 20.2. The Morgan fingerprint density at radius 3 is 1.51 bits per heavy atom. The third kappa shape index (κ3) is 14.3. The van der Waals surface area contributed by atoms with Crippen LogP contribution in [-0.4, -0.2) is 124 Å². The van der Waals surface area contributed by atoms with Gasteiger partial charge in [-0.2, -0.15) is 0 Å². The second-order valence-corrected chi connectivity index (χ2v) is 20.2. The van der Waals surface area contributed by atoms with Gasteiger partial charge in [-0.3, -0.25) is 14.4 Å². The Balaban J connectivity index is 0.985. The monoisotopic (exact) mass is 996 g/mol. The number of carboxylic acids is 1. The first-order chi connectivity index (χ1) is 33.9. The van der Waals surface area contributed by atoms with Gasteiger partial charge in [0.15, 0.2) is 18.9 Å². The lowest BCUT2D eigenvalue weighted by molar-refractivity contribution is -0.352. The van der Waals surface area contributed by atoms with E-state index < -0.39 is 73.3 Å². The highest BCUT2D eigenvalue weighted by molar-refractivity contribution is 5.81. The van der Waals surface area contributed by atoms with Gasteiger partial charge in [0.25, 0.3) is 0 Å². The maximum absolute atomic E-state index is 12.9. The first kappa shape index (κ1) is 55.7. The van der Waals surface area contributed by atoms with E-state index in [1.165, 1.54) is 20.8 Å². The van der Waals surface area contributed by atoms with E-state index in [-0.39, 0.29) is 92.3 Å². The van der Waals surface area contributed by atoms with Gasteiger partial charge in [-0.25, -0.2) is 9.59 Å². The van der Waals surface area contributed by atoms with Gasteiger partial charge in [0, 0.05) is 51.0 Å². The van der Waals surface area contributed by atoms with Crippen molar-refractivity contribution < 1.29 is 76.4 Å². The summed E-state index contributed by atoms with van der Waals surface area (Å²) in [4.78, 5) is 60.8. The summed E-state index contributed by atoms with van der Waals surface area (Å²) in [6.45, 7) is 18.9. The quantitative estimate of drug-likeness (QED) is 0.0650. The van der Waals surface area contributed by atoms with Crippen LogP contribution in [0.2, 0.25) is 0 Å². The minimum Gasteiger partial charge on any atom is -0.480 e. The van der Waals surface area contributed by atoms with Crippen molar-refractivity contribution in [1.82, 2.24) is 5.32 Å². The molecular weight excluding hydrogens is 919 g/mol. The number of rotatable bonds is 22. The fourth-order valence-corrected chi connectivity index (χ4v) is 10.3. The van der Waals surface area contributed by atoms with Crippen LogP contribution in [0.15, 0.2) is 48.5 Å². The predicted octanol–water partition coefficient (Wildman–Crippen LogP) is 8.03. The van der Waals surface area contributed by atoms with Crippen LogP contribution in [0, 0.1) is 41.4 Å². The van der Waals surface area contributed by atoms with E-state index in [0.717, 1.165) is 28.7 Å². The summed E-state index contributed by atoms with van der Waals surface area (Å²) in [5.74, 6) is -2.97. The van der Waals surface area contributed by atoms with E-state index in [1.807, 2.05) is 64.1 Å². The molecule has 6 unspecified atom stereocenters. The molecule has 0 bridgehead atoms. The number of esters is 3. The summed E-state index contributed by atoms with van der Waals surface area (Å²) in [5, 5.41) is 12.5. The molecular formula is C54H77NO16. The molecule has 3 saturated heterocycles. The minimum atomic E-state index is -1.12. The lowest BCUT2D eigenvalue weighted by Crippen LogP contribution is -2.59. The van der Waals surface area contributed by atoms with Gasteiger partial charge in [-0.05, 0) is 58.8 Å². The second kappa shape index (κ2) is 25.8. The predicted molar refractivity (Wildman–Crippen MR) is 258 cm³/mol. The molecule has 0 aromatic heterocycles. The Hall–Kier alpha value is -4.65. The van der Waals surface area contributed by atoms with Crippen LogP contribution in [0.4, 0.5) is 4.79 Å². The number of benzene rings is 2. The van der Waals surface area contributed by atoms with Crippen molar-refractivity contribution in [2.75, 3.05) is 33.0 Å². The Kier molecular flexibility index (Phi) is 20.3. The molecule has 2 aromatic carbocycles. The third-order valence-electron chi connectivity index (χ3n) is 15.4. The Bertz CT molecular complexity index is 2050. The Morgan fingerprint density at radius 1 is 0.535 bits per heavy atom. The third-order valence-corrected chi connectivity index (χ3v) is 15.4. The highest BCUT2D eigenvalue weighted by Gasteiger charge is 2.51. The molecule has 71 heavy (non-hydrogen) atoms. The molecule has 2 N–H and O–H groups in total. The Labute approximate surface area is 418 Å². The van der Waals surface area contributed by atoms with Crippen molar-refractivity contribution >= 4 is 30.0 Å². The van der Waals surface area contributed by atoms with Gasteiger partial charge in [0.05, 0.1) is 18.3 Å². The van der Waals surface area contributed by atoms with Gasteiger partial charge in [-0.15, -0.1) is 0 Å². The molecule has 0 spiro atoms. The molecule has 17 heteroatoms. The fourth-order valence-electron chi connectivity index (χ4n) is 10.3. The molecule has 2 aromatic rings. The van der Waals surface area contributed by atoms with Gasteiger partial charge < -0.3 is 57.8 Å². The van der Waals surface area contributed by atoms with Crippen molar-refractivity contribution in [1.29, 1.82) is 0 Å². The standard InChI is InChI=1S/C54H77NO16/c1-29-30(2)45(26-63-36(8)56)67-52(33(29)5)70-49-32(4)35(7)53(69-47(49)28-65-38(10)58)71-48-31(3)34(6)51(68-46(48)27-64-37(9)57)62-24-18-12-11-13-23-44(50(59)60)55-54(61)66-25-43-41-21-16-14-19-39(41)40-20-15-17-22-42(40)43/h14-17,19-22,29-35,43-49,51-53H,11-13,18,23-28H2,1-10H3,(H,55,61)(H,59,60)/t29-,30+,31+,32+,33?,34?,35?,44-,45?,46?,47?,48+,49+,51+,52-,53-/m0/s1. The summed E-state index contributed by atoms with van der Waals surface area (Å²) in [6.07, 6.45) is -2.78. The SMILES string of the molecule is CC(=O)OCC1O[C@@H](O[C@H]2C(COC(C)=O)O[C@@H](O[C@H]3C(COC(C)=O)O[C@@H](OCCCCCC[C@H](NC(=O)OCC4c5ccccc5-c5ccccc54)C(=O)O)C(C)[C@H]3C)C(C)[C@H]2C)C(C)[C@@H](C)[C@H]1C. The molecule has 394 valence electrons. The van der Waals surface area contributed by atoms with Crippen molar-refractivity contribution in [2.24, 2.45) is 41.4 Å². The zero-order chi connectivity index (χ0) is 51.5. The lowest BCUT2D eigenvalue weighted by Gasteiger charge is -2.50. The number of hydrogen-bond acceptors (Lipinski definition) is 15. The fraction of sp³-hybridized carbons (Fsp3) is 0.685. The van der Waals surface area contributed by atoms with Gasteiger partial charge in [-0.1, -0.05) is 116 Å². The number of fused-ring (bicyclic) bond motifs is 3. The van der Waals surface area contributed by atoms with Gasteiger partial charge in [0.1, 0.15) is 44.7 Å². The summed E-state index contributed by atoms with van der Waals surface area (Å²) in [6, 6.07) is 14.9. The highest BCUT2D eigenvalue weighted by Crippen LogP contribution is 2.45. The van der Waals surface area contributed by atoms with E-state index in [1.54, 1.807) is 0 Å². The van der Waals surface area contributed by atoms with Crippen molar-refractivity contribution in [2.45, 2.75) is 163 Å². The number of amides is 1. The van der Waals surface area contributed by atoms with Crippen LogP contribution >= 0.6 is 0 Å². The molecule has 3 fully saturated rings. The molecule has 1 amide bonds. The Morgan fingerprint density at radius 2 is 0.986 bits per heavy atom. The molecule has 0 radical (unpaired) electrons. The number of nitrogens with one attached hydrogen (secondary N) is 1. The molecule has 3 heterocycles. The van der Waals surface area contributed by atoms with E-state index in [4.69, 9.17) is 47.4 Å². The number of carboxylic acid groups (broad SMARTS) is 1. The van der Waals surface area contributed by atoms with E-state index in [9.17, 15) is 29.1 Å². The summed E-state index contributed by atoms with van der Waals surface area (Å²) in [7, 11) is 0. The lowest BCUT2D eigenvalue weighted by atomic mass is 9.78. The first-order valence-electron chi connectivity index (χ1n) is 25.5. The molecule has 4 aliphatic rings. The zero-order valence-electron chi connectivity index (χ0n) is 43.1. The highest BCUT2D eigenvalue weighted by atomic mass is 16.7. The van der Waals surface area contributed by atoms with Gasteiger partial charge in [0.2, 0.25) is 0 Å². The number of carbonyl (C=O) groups is 5. The minimum absolute atomic E-state index is 0.00620. The van der Waals surface area contributed by atoms with Crippen LogP contribution in [-0.2, 0) is 66.5 Å². The van der Waals surface area contributed by atoms with Crippen molar-refractivity contribution in [3.63, 3.8) is 0 Å². The summed E-state index contributed by atoms with van der Waals surface area (Å²) in [5.41, 5.74) is 4.36. The zero-order valence-corrected chi connectivity index (χ0v) is 43.1. The average Bonchev–Trinajstić information content (AvgIpc) is 3.66. The van der Waals surface area contributed by atoms with Crippen LogP contribution in [0.5, 0.6) is 0 Å². The molecule has 16 atom stereocenters. The number of alkyl carbamates (subject to hydrolysis) is 1. The smallest absolute Gasteiger partial charge is 0.407 e. The number of unbranched alkanes of at least 4 members (excludes halogenated alkanes) is 3. The summed E-state index contributed by atoms with van der Waals surface area (Å²) >= 11 is 0. The maximum atomic E-state index is 12.9. The molecule has 17 nitrogen and oxygen atoms in total. The van der Waals surface area contributed by atoms with Gasteiger partial charge >= 0.3 is 30.0 Å². The maximum Gasteiger partial charge on any atom is 0.407 e. The largest absolute Gasteiger partial charge is 0.480 e. The molecule has 6 rings (SSSR count). The van der Waals surface area contributed by atoms with E-state index >= 15 is 0 Å². The first-order valence-corrected chi connectivity index (χ1v) is 25.5. The van der Waals surface area contributed by atoms with Crippen molar-refractivity contribution in [3.05, 3.63) is 59.7 Å². The van der Waals surface area contributed by atoms with Crippen LogP contribution in [0.3, 0.4) is 0 Å². The normalized spacial score (nSPS) is 31.9. The number of ether oxygens (including phenoxy) is 10. The number of carbonyl (C=O) groups excluding carboxylic acids is 4. The van der Waals surface area contributed by atoms with E-state index in [2.05, 4.69) is 38.2 Å². The number of hydrogen-bond donors (Lipinski definition) is 2. The number of aliphatic carboxylic acids is 1. The van der Waals surface area contributed by atoms with Crippen LogP contribution in [0.1, 0.15) is 118 Å². The molecule has 1 aliphatic carbocycles. The van der Waals surface area contributed by atoms with Crippen LogP contribution in [0.25, 0.3) is 11.1 Å².